The number of ketones is 1. The van der Waals surface area contributed by atoms with Crippen molar-refractivity contribution in [3.8, 4) is 11.1 Å². The minimum atomic E-state index is -0.117. The highest BCUT2D eigenvalue weighted by molar-refractivity contribution is 6.04. The smallest absolute Gasteiger partial charge is 0.326 e. The fourth-order valence-corrected chi connectivity index (χ4v) is 5.49. The molecule has 0 atom stereocenters. The molecule has 1 aliphatic carbocycles. The first kappa shape index (κ1) is 23.2. The van der Waals surface area contributed by atoms with Gasteiger partial charge in [0, 0.05) is 25.2 Å². The number of hydrogen-bond acceptors (Lipinski definition) is 3. The molecule has 5 rings (SSSR count). The average molecular weight is 468 g/mol. The van der Waals surface area contributed by atoms with Gasteiger partial charge in [0.1, 0.15) is 5.78 Å². The Labute approximate surface area is 207 Å². The largest absolute Gasteiger partial charge is 0.382 e. The molecule has 2 N–H and O–H groups in total. The minimum Gasteiger partial charge on any atom is -0.382 e. The van der Waals surface area contributed by atoms with E-state index < -0.39 is 0 Å². The summed E-state index contributed by atoms with van der Waals surface area (Å²) in [6, 6.07) is 24.6. The summed E-state index contributed by atoms with van der Waals surface area (Å²) in [6.45, 7) is 3.04. The highest BCUT2D eigenvalue weighted by Crippen LogP contribution is 2.38. The van der Waals surface area contributed by atoms with Crippen LogP contribution in [-0.4, -0.2) is 24.9 Å². The molecule has 1 saturated carbocycles. The summed E-state index contributed by atoms with van der Waals surface area (Å²) in [5, 5.41) is 6.45. The van der Waals surface area contributed by atoms with Crippen molar-refractivity contribution < 1.29 is 9.59 Å². The number of para-hydroxylation sites is 1. The van der Waals surface area contributed by atoms with E-state index in [1.54, 1.807) is 11.8 Å². The molecule has 1 fully saturated rings. The molecule has 0 aromatic heterocycles. The highest BCUT2D eigenvalue weighted by atomic mass is 16.2. The van der Waals surface area contributed by atoms with Gasteiger partial charge in [-0.25, -0.2) is 4.79 Å². The second-order valence-electron chi connectivity index (χ2n) is 9.85. The fourth-order valence-electron chi connectivity index (χ4n) is 5.49. The van der Waals surface area contributed by atoms with Crippen molar-refractivity contribution in [2.45, 2.75) is 44.9 Å². The molecule has 2 aliphatic rings. The summed E-state index contributed by atoms with van der Waals surface area (Å²) in [5.74, 6) is 1.48. The summed E-state index contributed by atoms with van der Waals surface area (Å²) in [7, 11) is 0. The van der Waals surface area contributed by atoms with Crippen LogP contribution in [0.5, 0.6) is 0 Å². The predicted molar refractivity (Wildman–Crippen MR) is 143 cm³/mol. The molecule has 0 spiro atoms. The molecule has 0 unspecified atom stereocenters. The number of fused-ring (bicyclic) bond motifs is 1. The van der Waals surface area contributed by atoms with Gasteiger partial charge in [-0.15, -0.1) is 0 Å². The zero-order chi connectivity index (χ0) is 24.2. The van der Waals surface area contributed by atoms with Crippen molar-refractivity contribution in [1.29, 1.82) is 0 Å². The zero-order valence-electron chi connectivity index (χ0n) is 20.3. The van der Waals surface area contributed by atoms with Gasteiger partial charge in [-0.1, -0.05) is 48.5 Å². The summed E-state index contributed by atoms with van der Waals surface area (Å²) in [6.07, 6.45) is 5.37. The molecule has 5 nitrogen and oxygen atoms in total. The molecule has 1 aliphatic heterocycles. The Morgan fingerprint density at radius 1 is 0.914 bits per heavy atom. The van der Waals surface area contributed by atoms with Gasteiger partial charge in [-0.05, 0) is 85.4 Å². The van der Waals surface area contributed by atoms with Gasteiger partial charge in [0.25, 0.3) is 0 Å². The van der Waals surface area contributed by atoms with Crippen LogP contribution in [0, 0.1) is 5.92 Å². The van der Waals surface area contributed by atoms with E-state index in [0.29, 0.717) is 30.7 Å². The third kappa shape index (κ3) is 5.40. The topological polar surface area (TPSA) is 61.4 Å². The predicted octanol–water partition coefficient (Wildman–Crippen LogP) is 7.07. The number of benzene rings is 3. The molecule has 3 aromatic carbocycles. The number of urea groups is 1. The van der Waals surface area contributed by atoms with Crippen LogP contribution in [0.25, 0.3) is 11.1 Å². The molecule has 180 valence electrons. The van der Waals surface area contributed by atoms with Crippen molar-refractivity contribution in [3.05, 3.63) is 78.4 Å². The van der Waals surface area contributed by atoms with Gasteiger partial charge in [0.05, 0.1) is 11.4 Å². The van der Waals surface area contributed by atoms with Gasteiger partial charge in [0.15, 0.2) is 0 Å². The van der Waals surface area contributed by atoms with E-state index in [1.165, 1.54) is 24.0 Å². The number of nitrogens with zero attached hydrogens (tertiary/aromatic N) is 1. The Morgan fingerprint density at radius 3 is 2.34 bits per heavy atom. The third-order valence-electron chi connectivity index (χ3n) is 7.35. The van der Waals surface area contributed by atoms with Gasteiger partial charge >= 0.3 is 6.03 Å². The molecular formula is C30H33N3O2. The number of carbonyl (C=O) groups excluding carboxylic acids is 2. The number of nitrogens with one attached hydrogen (secondary N) is 2. The van der Waals surface area contributed by atoms with Crippen LogP contribution >= 0.6 is 0 Å². The highest BCUT2D eigenvalue weighted by Gasteiger charge is 2.24. The van der Waals surface area contributed by atoms with E-state index in [2.05, 4.69) is 47.0 Å². The van der Waals surface area contributed by atoms with E-state index in [4.69, 9.17) is 0 Å². The average Bonchev–Trinajstić information content (AvgIpc) is 2.89. The first-order valence-electron chi connectivity index (χ1n) is 12.7. The summed E-state index contributed by atoms with van der Waals surface area (Å²) < 4.78 is 0. The monoisotopic (exact) mass is 467 g/mol. The number of Topliss-reactive ketones (excluding diaryl/α,β-unsaturated/α-hetero) is 1. The molecule has 1 heterocycles. The Balaban J connectivity index is 1.27. The van der Waals surface area contributed by atoms with E-state index in [-0.39, 0.29) is 6.03 Å². The number of rotatable bonds is 5. The van der Waals surface area contributed by atoms with Crippen LogP contribution < -0.4 is 15.5 Å². The van der Waals surface area contributed by atoms with Crippen molar-refractivity contribution in [2.24, 2.45) is 5.92 Å². The quantitative estimate of drug-likeness (QED) is 0.422. The van der Waals surface area contributed by atoms with Gasteiger partial charge < -0.3 is 15.4 Å². The van der Waals surface area contributed by atoms with E-state index >= 15 is 0 Å². The lowest BCUT2D eigenvalue weighted by Crippen LogP contribution is -2.41. The molecule has 35 heavy (non-hydrogen) atoms. The first-order chi connectivity index (χ1) is 17.1. The summed E-state index contributed by atoms with van der Waals surface area (Å²) in [5.41, 5.74) is 6.38. The van der Waals surface area contributed by atoms with Crippen LogP contribution in [0.15, 0.2) is 72.8 Å². The molecule has 5 heteroatoms. The first-order valence-corrected chi connectivity index (χ1v) is 12.7. The van der Waals surface area contributed by atoms with Crippen molar-refractivity contribution in [2.75, 3.05) is 28.6 Å². The Bertz CT molecular complexity index is 1180. The lowest BCUT2D eigenvalue weighted by molar-refractivity contribution is -0.118. The fraction of sp³-hybridized carbons (Fsp3) is 0.333. The second-order valence-corrected chi connectivity index (χ2v) is 9.85. The number of anilines is 3. The number of carbonyl (C=O) groups is 2. The summed E-state index contributed by atoms with van der Waals surface area (Å²) in [4.78, 5) is 26.1. The lowest BCUT2D eigenvalue weighted by atomic mass is 9.77. The molecular weight excluding hydrogens is 434 g/mol. The van der Waals surface area contributed by atoms with Crippen molar-refractivity contribution in [3.63, 3.8) is 0 Å². The molecule has 0 radical (unpaired) electrons. The Kier molecular flexibility index (Phi) is 6.84. The summed E-state index contributed by atoms with van der Waals surface area (Å²) >= 11 is 0. The molecule has 2 amide bonds. The van der Waals surface area contributed by atoms with Crippen LogP contribution in [-0.2, 0) is 4.79 Å². The van der Waals surface area contributed by atoms with E-state index in [9.17, 15) is 9.59 Å². The zero-order valence-corrected chi connectivity index (χ0v) is 20.3. The SMILES string of the molecule is CC(=O)CC1CCC(c2ccc(-c3ccc4c(c3)NCCN4C(=O)Nc3ccccc3)cc2)CC1. The minimum absolute atomic E-state index is 0.117. The van der Waals surface area contributed by atoms with Crippen LogP contribution in [0.2, 0.25) is 0 Å². The van der Waals surface area contributed by atoms with Crippen LogP contribution in [0.4, 0.5) is 21.9 Å². The van der Waals surface area contributed by atoms with Crippen molar-refractivity contribution in [1.82, 2.24) is 0 Å². The Hall–Kier alpha value is -3.60. The molecule has 0 bridgehead atoms. The normalized spacial score (nSPS) is 19.4. The number of hydrogen-bond donors (Lipinski definition) is 2. The lowest BCUT2D eigenvalue weighted by Gasteiger charge is -2.31. The van der Waals surface area contributed by atoms with Gasteiger partial charge in [0.2, 0.25) is 0 Å². The standard InChI is InChI=1S/C30H33N3O2/c1-21(34)19-22-7-9-23(10-8-22)24-11-13-25(14-12-24)26-15-16-29-28(20-26)31-17-18-33(29)30(35)32-27-5-3-2-4-6-27/h2-6,11-16,20,22-23,31H,7-10,17-19H2,1H3,(H,32,35). The number of amides is 2. The van der Waals surface area contributed by atoms with Gasteiger partial charge in [-0.2, -0.15) is 0 Å². The Morgan fingerprint density at radius 2 is 1.63 bits per heavy atom. The van der Waals surface area contributed by atoms with Crippen LogP contribution in [0.1, 0.15) is 50.5 Å². The molecule has 3 aromatic rings. The van der Waals surface area contributed by atoms with Crippen LogP contribution in [0.3, 0.4) is 0 Å². The maximum Gasteiger partial charge on any atom is 0.326 e. The molecule has 0 saturated heterocycles. The van der Waals surface area contributed by atoms with E-state index in [0.717, 1.165) is 41.9 Å². The van der Waals surface area contributed by atoms with Gasteiger partial charge in [-0.3, -0.25) is 4.90 Å². The van der Waals surface area contributed by atoms with E-state index in [1.807, 2.05) is 36.4 Å². The second kappa shape index (κ2) is 10.3. The van der Waals surface area contributed by atoms with Crippen molar-refractivity contribution >= 4 is 28.9 Å². The maximum atomic E-state index is 12.9. The maximum absolute atomic E-state index is 12.9. The third-order valence-corrected chi connectivity index (χ3v) is 7.35.